The number of carboxylic acid groups (broad SMARTS) is 1. The van der Waals surface area contributed by atoms with E-state index in [2.05, 4.69) is 26.6 Å². The van der Waals surface area contributed by atoms with E-state index in [0.29, 0.717) is 5.56 Å². The van der Waals surface area contributed by atoms with Gasteiger partial charge in [-0.3, -0.25) is 5.10 Å². The van der Waals surface area contributed by atoms with Gasteiger partial charge in [0.1, 0.15) is 0 Å². The van der Waals surface area contributed by atoms with Crippen LogP contribution < -0.4 is 10.4 Å². The lowest BCUT2D eigenvalue weighted by atomic mass is 9.94. The molecule has 4 N–H and O–H groups in total. The zero-order chi connectivity index (χ0) is 14.4. The van der Waals surface area contributed by atoms with E-state index in [1.165, 1.54) is 10.9 Å². The Kier molecular flexibility index (Phi) is 2.58. The molecule has 0 saturated heterocycles. The maximum Gasteiger partial charge on any atom is 0.156 e. The standard InChI is InChI=1S/C15H14N4O2/c20-15(21)14-10(7-17-19-14)12-13-9(5-6-16-12)8-3-1-2-4-11(8)18-13/h1-4,7,12,16,18H,5-6H2,(H,17,19)(H,20,21). The molecule has 1 aliphatic rings. The van der Waals surface area contributed by atoms with Crippen molar-refractivity contribution in [1.82, 2.24) is 15.2 Å². The molecule has 0 amide bonds. The molecule has 21 heavy (non-hydrogen) atoms. The molecule has 6 heteroatoms. The number of para-hydroxylation sites is 1. The van der Waals surface area contributed by atoms with Gasteiger partial charge in [-0.25, -0.2) is 0 Å². The number of carbonyl (C=O) groups is 1. The van der Waals surface area contributed by atoms with Crippen molar-refractivity contribution in [2.45, 2.75) is 12.5 Å². The highest BCUT2D eigenvalue weighted by Gasteiger charge is 2.31. The molecule has 6 nitrogen and oxygen atoms in total. The van der Waals surface area contributed by atoms with Crippen LogP contribution in [0.15, 0.2) is 30.5 Å². The Labute approximate surface area is 120 Å². The van der Waals surface area contributed by atoms with E-state index in [9.17, 15) is 9.90 Å². The molecule has 0 aliphatic carbocycles. The van der Waals surface area contributed by atoms with Gasteiger partial charge in [-0.05, 0) is 11.6 Å². The lowest BCUT2D eigenvalue weighted by Gasteiger charge is -2.21. The van der Waals surface area contributed by atoms with Gasteiger partial charge in [-0.2, -0.15) is 5.10 Å². The predicted molar refractivity (Wildman–Crippen MR) is 73.6 cm³/mol. The number of nitrogens with zero attached hydrogens (tertiary/aromatic N) is 1. The van der Waals surface area contributed by atoms with Gasteiger partial charge in [-0.1, -0.05) is 18.2 Å². The maximum absolute atomic E-state index is 11.2. The lowest BCUT2D eigenvalue weighted by Crippen LogP contribution is -2.87. The molecule has 1 unspecified atom stereocenters. The van der Waals surface area contributed by atoms with E-state index >= 15 is 0 Å². The molecule has 0 bridgehead atoms. The van der Waals surface area contributed by atoms with E-state index in [4.69, 9.17) is 0 Å². The van der Waals surface area contributed by atoms with Crippen LogP contribution in [0.2, 0.25) is 0 Å². The Balaban J connectivity index is 1.90. The van der Waals surface area contributed by atoms with Crippen molar-refractivity contribution in [3.8, 4) is 0 Å². The summed E-state index contributed by atoms with van der Waals surface area (Å²) in [5.41, 5.74) is 4.13. The highest BCUT2D eigenvalue weighted by Crippen LogP contribution is 2.31. The molecule has 1 aliphatic heterocycles. The number of benzene rings is 1. The van der Waals surface area contributed by atoms with E-state index in [1.807, 2.05) is 18.2 Å². The van der Waals surface area contributed by atoms with Gasteiger partial charge in [0.2, 0.25) is 0 Å². The van der Waals surface area contributed by atoms with E-state index in [1.54, 1.807) is 6.20 Å². The van der Waals surface area contributed by atoms with E-state index in [0.717, 1.165) is 24.2 Å². The smallest absolute Gasteiger partial charge is 0.156 e. The van der Waals surface area contributed by atoms with Gasteiger partial charge >= 0.3 is 0 Å². The Hall–Kier alpha value is -2.60. The number of fused-ring (bicyclic) bond motifs is 3. The summed E-state index contributed by atoms with van der Waals surface area (Å²) < 4.78 is 0. The minimum absolute atomic E-state index is 0.0581. The van der Waals surface area contributed by atoms with E-state index < -0.39 is 5.97 Å². The fourth-order valence-corrected chi connectivity index (χ4v) is 3.25. The third-order valence-electron chi connectivity index (χ3n) is 4.16. The number of quaternary nitrogens is 1. The Morgan fingerprint density at radius 1 is 1.38 bits per heavy atom. The number of H-pyrrole nitrogens is 2. The van der Waals surface area contributed by atoms with Crippen molar-refractivity contribution in [1.29, 1.82) is 0 Å². The van der Waals surface area contributed by atoms with Crippen molar-refractivity contribution in [3.05, 3.63) is 53.0 Å². The number of carboxylic acids is 1. The van der Waals surface area contributed by atoms with Gasteiger partial charge in [0.05, 0.1) is 35.7 Å². The van der Waals surface area contributed by atoms with Crippen LogP contribution in [-0.4, -0.2) is 27.7 Å². The van der Waals surface area contributed by atoms with Gasteiger partial charge in [-0.15, -0.1) is 0 Å². The van der Waals surface area contributed by atoms with Crippen molar-refractivity contribution >= 4 is 16.9 Å². The number of nitrogens with one attached hydrogen (secondary N) is 2. The van der Waals surface area contributed by atoms with Crippen molar-refractivity contribution in [2.75, 3.05) is 6.54 Å². The average molecular weight is 282 g/mol. The van der Waals surface area contributed by atoms with Crippen LogP contribution in [0.4, 0.5) is 0 Å². The molecule has 0 radical (unpaired) electrons. The number of aromatic amines is 2. The second kappa shape index (κ2) is 4.46. The Morgan fingerprint density at radius 3 is 3.10 bits per heavy atom. The van der Waals surface area contributed by atoms with Gasteiger partial charge in [0.15, 0.2) is 6.04 Å². The van der Waals surface area contributed by atoms with Crippen molar-refractivity contribution in [3.63, 3.8) is 0 Å². The van der Waals surface area contributed by atoms with Crippen LogP contribution in [0.3, 0.4) is 0 Å². The van der Waals surface area contributed by atoms with Gasteiger partial charge in [0.25, 0.3) is 0 Å². The van der Waals surface area contributed by atoms with Crippen LogP contribution in [0.1, 0.15) is 33.4 Å². The zero-order valence-electron chi connectivity index (χ0n) is 11.2. The summed E-state index contributed by atoms with van der Waals surface area (Å²) in [5, 5.41) is 20.9. The summed E-state index contributed by atoms with van der Waals surface area (Å²) in [6, 6.07) is 8.07. The topological polar surface area (TPSA) is 101 Å². The van der Waals surface area contributed by atoms with Gasteiger partial charge < -0.3 is 20.2 Å². The molecule has 0 spiro atoms. The number of hydrogen-bond acceptors (Lipinski definition) is 3. The maximum atomic E-state index is 11.2. The molecular weight excluding hydrogens is 268 g/mol. The summed E-state index contributed by atoms with van der Waals surface area (Å²) in [4.78, 5) is 14.6. The van der Waals surface area contributed by atoms with Crippen LogP contribution >= 0.6 is 0 Å². The summed E-state index contributed by atoms with van der Waals surface area (Å²) in [5.74, 6) is -1.22. The van der Waals surface area contributed by atoms with Crippen LogP contribution in [0.25, 0.3) is 10.9 Å². The molecule has 4 rings (SSSR count). The van der Waals surface area contributed by atoms with Crippen LogP contribution in [-0.2, 0) is 6.42 Å². The second-order valence-corrected chi connectivity index (χ2v) is 5.30. The first-order valence-corrected chi connectivity index (χ1v) is 6.93. The number of aromatic nitrogens is 3. The SMILES string of the molecule is O=C([O-])c1[nH]ncc1C1[NH2+]CCc2c1[nH]c1ccccc21. The van der Waals surface area contributed by atoms with Crippen molar-refractivity contribution in [2.24, 2.45) is 0 Å². The lowest BCUT2D eigenvalue weighted by molar-refractivity contribution is -0.690. The number of carbonyl (C=O) groups excluding carboxylic acids is 1. The van der Waals surface area contributed by atoms with Crippen LogP contribution in [0, 0.1) is 0 Å². The molecule has 3 heterocycles. The molecule has 0 fully saturated rings. The number of aromatic carboxylic acids is 1. The van der Waals surface area contributed by atoms with Gasteiger partial charge in [0, 0.05) is 17.3 Å². The first-order chi connectivity index (χ1) is 10.3. The Morgan fingerprint density at radius 2 is 2.24 bits per heavy atom. The molecule has 0 saturated carbocycles. The summed E-state index contributed by atoms with van der Waals surface area (Å²) >= 11 is 0. The third kappa shape index (κ3) is 1.76. The largest absolute Gasteiger partial charge is 0.543 e. The zero-order valence-corrected chi connectivity index (χ0v) is 11.2. The quantitative estimate of drug-likeness (QED) is 0.588. The molecule has 1 aromatic carbocycles. The van der Waals surface area contributed by atoms with Crippen molar-refractivity contribution < 1.29 is 15.2 Å². The summed E-state index contributed by atoms with van der Waals surface area (Å²) in [6.07, 6.45) is 2.54. The third-order valence-corrected chi connectivity index (χ3v) is 4.16. The Bertz CT molecular complexity index is 833. The summed E-state index contributed by atoms with van der Waals surface area (Å²) in [7, 11) is 0. The molecule has 106 valence electrons. The fourth-order valence-electron chi connectivity index (χ4n) is 3.25. The summed E-state index contributed by atoms with van der Waals surface area (Å²) in [6.45, 7) is 0.914. The molecule has 2 aromatic heterocycles. The first kappa shape index (κ1) is 12.2. The minimum Gasteiger partial charge on any atom is -0.543 e. The monoisotopic (exact) mass is 282 g/mol. The number of rotatable bonds is 2. The fraction of sp³-hybridized carbons (Fsp3) is 0.200. The highest BCUT2D eigenvalue weighted by atomic mass is 16.4. The normalized spacial score (nSPS) is 17.8. The first-order valence-electron chi connectivity index (χ1n) is 6.93. The highest BCUT2D eigenvalue weighted by molar-refractivity contribution is 5.87. The van der Waals surface area contributed by atoms with E-state index in [-0.39, 0.29) is 11.7 Å². The minimum atomic E-state index is -1.22. The molecular formula is C15H14N4O2. The second-order valence-electron chi connectivity index (χ2n) is 5.30. The predicted octanol–water partition coefficient (Wildman–Crippen LogP) is -0.537. The molecule has 1 atom stereocenters. The van der Waals surface area contributed by atoms with Crippen LogP contribution in [0.5, 0.6) is 0 Å². The number of nitrogens with two attached hydrogens (primary N) is 1. The average Bonchev–Trinajstić information content (AvgIpc) is 3.11. The number of hydrogen-bond donors (Lipinski definition) is 3. The molecule has 3 aromatic rings.